The van der Waals surface area contributed by atoms with Gasteiger partial charge in [-0.3, -0.25) is 0 Å². The molecule has 0 saturated heterocycles. The molecule has 0 bridgehead atoms. The van der Waals surface area contributed by atoms with Crippen LogP contribution in [0.1, 0.15) is 16.2 Å². The summed E-state index contributed by atoms with van der Waals surface area (Å²) in [6, 6.07) is 3.81. The zero-order valence-electron chi connectivity index (χ0n) is 11.8. The number of aromatic nitrogens is 3. The van der Waals surface area contributed by atoms with E-state index in [1.54, 1.807) is 11.6 Å². The molecule has 2 rings (SSSR count). The summed E-state index contributed by atoms with van der Waals surface area (Å²) in [6.07, 6.45) is 1.46. The highest BCUT2D eigenvalue weighted by molar-refractivity contribution is 7.89. The van der Waals surface area contributed by atoms with Crippen molar-refractivity contribution in [2.75, 3.05) is 7.11 Å². The van der Waals surface area contributed by atoms with E-state index in [9.17, 15) is 13.2 Å². The normalized spacial score (nSPS) is 11.4. The summed E-state index contributed by atoms with van der Waals surface area (Å²) in [4.78, 5) is 11.2. The lowest BCUT2D eigenvalue weighted by atomic mass is 10.2. The lowest BCUT2D eigenvalue weighted by Crippen LogP contribution is -2.25. The quantitative estimate of drug-likeness (QED) is 0.802. The van der Waals surface area contributed by atoms with Gasteiger partial charge < -0.3 is 9.30 Å². The minimum Gasteiger partial charge on any atom is -0.465 e. The minimum atomic E-state index is -3.85. The van der Waals surface area contributed by atoms with E-state index in [1.165, 1.54) is 31.6 Å². The Morgan fingerprint density at radius 2 is 2.18 bits per heavy atom. The second-order valence-electron chi connectivity index (χ2n) is 4.32. The van der Waals surface area contributed by atoms with Crippen LogP contribution in [0.15, 0.2) is 29.4 Å². The van der Waals surface area contributed by atoms with Crippen LogP contribution in [0.3, 0.4) is 0 Å². The summed E-state index contributed by atoms with van der Waals surface area (Å²) >= 11 is 5.95. The van der Waals surface area contributed by atoms with Crippen molar-refractivity contribution >= 4 is 27.6 Å². The highest BCUT2D eigenvalue weighted by atomic mass is 35.5. The minimum absolute atomic E-state index is 0.0338. The van der Waals surface area contributed by atoms with Crippen molar-refractivity contribution < 1.29 is 17.9 Å². The van der Waals surface area contributed by atoms with Crippen LogP contribution in [0.5, 0.6) is 0 Å². The van der Waals surface area contributed by atoms with E-state index in [0.717, 1.165) is 0 Å². The molecule has 118 valence electrons. The van der Waals surface area contributed by atoms with E-state index in [4.69, 9.17) is 11.6 Å². The van der Waals surface area contributed by atoms with E-state index >= 15 is 0 Å². The highest BCUT2D eigenvalue weighted by Crippen LogP contribution is 2.23. The molecule has 0 fully saturated rings. The van der Waals surface area contributed by atoms with Crippen molar-refractivity contribution in [2.45, 2.75) is 11.4 Å². The third-order valence-electron chi connectivity index (χ3n) is 2.87. The molecule has 0 aliphatic heterocycles. The first-order valence-electron chi connectivity index (χ1n) is 6.05. The largest absolute Gasteiger partial charge is 0.465 e. The van der Waals surface area contributed by atoms with E-state index in [2.05, 4.69) is 19.7 Å². The van der Waals surface area contributed by atoms with Crippen molar-refractivity contribution in [3.05, 3.63) is 40.9 Å². The number of carbonyl (C=O) groups excluding carboxylic acids is 1. The Kier molecular flexibility index (Phi) is 4.79. The van der Waals surface area contributed by atoms with Crippen LogP contribution in [0.25, 0.3) is 0 Å². The predicted octanol–water partition coefficient (Wildman–Crippen LogP) is 0.734. The van der Waals surface area contributed by atoms with Gasteiger partial charge in [-0.15, -0.1) is 10.2 Å². The molecule has 0 unspecified atom stereocenters. The van der Waals surface area contributed by atoms with Crippen LogP contribution in [-0.2, 0) is 28.4 Å². The molecule has 0 aliphatic rings. The van der Waals surface area contributed by atoms with Crippen molar-refractivity contribution in [2.24, 2.45) is 7.05 Å². The summed E-state index contributed by atoms with van der Waals surface area (Å²) < 4.78 is 33.0. The molecule has 0 atom stereocenters. The molecule has 0 amide bonds. The molecule has 0 spiro atoms. The number of aryl methyl sites for hydroxylation is 1. The number of ether oxygens (including phenoxy) is 1. The van der Waals surface area contributed by atoms with Crippen molar-refractivity contribution in [3.63, 3.8) is 0 Å². The zero-order valence-corrected chi connectivity index (χ0v) is 13.3. The lowest BCUT2D eigenvalue weighted by Gasteiger charge is -2.09. The maximum absolute atomic E-state index is 12.2. The van der Waals surface area contributed by atoms with E-state index in [1.807, 2.05) is 0 Å². The Labute approximate surface area is 132 Å². The van der Waals surface area contributed by atoms with Gasteiger partial charge in [-0.1, -0.05) is 11.6 Å². The molecule has 1 aromatic heterocycles. The molecular formula is C12H13ClN4O4S. The van der Waals surface area contributed by atoms with Crippen molar-refractivity contribution in [1.82, 2.24) is 19.5 Å². The highest BCUT2D eigenvalue weighted by Gasteiger charge is 2.20. The van der Waals surface area contributed by atoms with Crippen LogP contribution < -0.4 is 4.72 Å². The third kappa shape index (κ3) is 3.43. The molecule has 8 nitrogen and oxygen atoms in total. The average molecular weight is 345 g/mol. The van der Waals surface area contributed by atoms with Gasteiger partial charge >= 0.3 is 5.97 Å². The van der Waals surface area contributed by atoms with Crippen LogP contribution >= 0.6 is 11.6 Å². The first kappa shape index (κ1) is 16.4. The Morgan fingerprint density at radius 3 is 2.73 bits per heavy atom. The number of benzene rings is 1. The number of hydrogen-bond acceptors (Lipinski definition) is 6. The standard InChI is InChI=1S/C12H13ClN4O4S/c1-17-7-14-16-11(17)6-15-22(19,20)10-4-3-8(5-9(10)13)12(18)21-2/h3-5,7,15H,6H2,1-2H3. The number of halogens is 1. The fourth-order valence-electron chi connectivity index (χ4n) is 1.67. The topological polar surface area (TPSA) is 103 Å². The second-order valence-corrected chi connectivity index (χ2v) is 6.46. The fraction of sp³-hybridized carbons (Fsp3) is 0.250. The number of rotatable bonds is 5. The molecule has 1 N–H and O–H groups in total. The molecule has 0 aliphatic carbocycles. The number of esters is 1. The van der Waals surface area contributed by atoms with Gasteiger partial charge in [0.25, 0.3) is 0 Å². The number of hydrogen-bond donors (Lipinski definition) is 1. The number of carbonyl (C=O) groups is 1. The fourth-order valence-corrected chi connectivity index (χ4v) is 3.19. The Hall–Kier alpha value is -1.97. The Bertz CT molecular complexity index is 803. The molecule has 0 radical (unpaired) electrons. The molecule has 1 heterocycles. The van der Waals surface area contributed by atoms with Gasteiger partial charge in [0, 0.05) is 7.05 Å². The van der Waals surface area contributed by atoms with E-state index in [-0.39, 0.29) is 22.0 Å². The van der Waals surface area contributed by atoms with Crippen molar-refractivity contribution in [3.8, 4) is 0 Å². The Balaban J connectivity index is 2.22. The van der Waals surface area contributed by atoms with Gasteiger partial charge in [0.2, 0.25) is 10.0 Å². The SMILES string of the molecule is COC(=O)c1ccc(S(=O)(=O)NCc2nncn2C)c(Cl)c1. The van der Waals surface area contributed by atoms with Gasteiger partial charge in [-0.05, 0) is 18.2 Å². The number of nitrogens with zero attached hydrogens (tertiary/aromatic N) is 3. The summed E-state index contributed by atoms with van der Waals surface area (Å²) in [5.74, 6) is -0.149. The van der Waals surface area contributed by atoms with E-state index in [0.29, 0.717) is 5.82 Å². The smallest absolute Gasteiger partial charge is 0.337 e. The monoisotopic (exact) mass is 344 g/mol. The maximum atomic E-state index is 12.2. The van der Waals surface area contributed by atoms with Crippen LogP contribution in [-0.4, -0.2) is 36.3 Å². The molecule has 10 heteroatoms. The number of nitrogens with one attached hydrogen (secondary N) is 1. The predicted molar refractivity (Wildman–Crippen MR) is 77.8 cm³/mol. The van der Waals surface area contributed by atoms with Gasteiger partial charge in [-0.2, -0.15) is 0 Å². The summed E-state index contributed by atoms with van der Waals surface area (Å²) in [5, 5.41) is 7.35. The van der Waals surface area contributed by atoms with Gasteiger partial charge in [0.15, 0.2) is 0 Å². The summed E-state index contributed by atoms with van der Waals surface area (Å²) in [6.45, 7) is -0.0338. The van der Waals surface area contributed by atoms with Crippen LogP contribution in [0.2, 0.25) is 5.02 Å². The first-order chi connectivity index (χ1) is 10.3. The second kappa shape index (κ2) is 6.42. The molecule has 2 aromatic rings. The summed E-state index contributed by atoms with van der Waals surface area (Å²) in [7, 11) is -0.926. The van der Waals surface area contributed by atoms with Crippen LogP contribution in [0, 0.1) is 0 Å². The molecule has 22 heavy (non-hydrogen) atoms. The van der Waals surface area contributed by atoms with Gasteiger partial charge in [-0.25, -0.2) is 17.9 Å². The lowest BCUT2D eigenvalue weighted by molar-refractivity contribution is 0.0600. The van der Waals surface area contributed by atoms with Gasteiger partial charge in [0.1, 0.15) is 17.0 Å². The number of methoxy groups -OCH3 is 1. The zero-order chi connectivity index (χ0) is 16.3. The maximum Gasteiger partial charge on any atom is 0.337 e. The van der Waals surface area contributed by atoms with Gasteiger partial charge in [0.05, 0.1) is 24.2 Å². The average Bonchev–Trinajstić information content (AvgIpc) is 2.89. The first-order valence-corrected chi connectivity index (χ1v) is 7.91. The third-order valence-corrected chi connectivity index (χ3v) is 4.75. The van der Waals surface area contributed by atoms with Crippen molar-refractivity contribution in [1.29, 1.82) is 0 Å². The summed E-state index contributed by atoms with van der Waals surface area (Å²) in [5.41, 5.74) is 0.166. The molecular weight excluding hydrogens is 332 g/mol. The number of sulfonamides is 1. The molecule has 1 aromatic carbocycles. The molecule has 0 saturated carbocycles. The van der Waals surface area contributed by atoms with Crippen LogP contribution in [0.4, 0.5) is 0 Å². The Morgan fingerprint density at radius 1 is 1.45 bits per heavy atom. The van der Waals surface area contributed by atoms with E-state index < -0.39 is 16.0 Å².